The number of rotatable bonds is 6. The molecular weight excluding hydrogens is 533 g/mol. The highest BCUT2D eigenvalue weighted by Crippen LogP contribution is 2.29. The van der Waals surface area contributed by atoms with Crippen molar-refractivity contribution in [1.82, 2.24) is 24.3 Å². The quantitative estimate of drug-likeness (QED) is 0.268. The molecule has 2 N–H and O–H groups in total. The van der Waals surface area contributed by atoms with Gasteiger partial charge in [0.25, 0.3) is 5.56 Å². The van der Waals surface area contributed by atoms with Crippen LogP contribution >= 0.6 is 23.2 Å². The van der Waals surface area contributed by atoms with E-state index in [2.05, 4.69) is 15.1 Å². The summed E-state index contributed by atoms with van der Waals surface area (Å²) in [5, 5.41) is 6.05. The number of nitrogens with zero attached hydrogens (tertiary/aromatic N) is 3. The molecule has 0 unspecified atom stereocenters. The maximum atomic E-state index is 13.0. The highest BCUT2D eigenvalue weighted by atomic mass is 35.5. The molecule has 3 aromatic heterocycles. The Kier molecular flexibility index (Phi) is 6.46. The van der Waals surface area contributed by atoms with Crippen LogP contribution in [0.2, 0.25) is 10.0 Å². The van der Waals surface area contributed by atoms with Gasteiger partial charge in [0.05, 0.1) is 22.1 Å². The summed E-state index contributed by atoms with van der Waals surface area (Å²) in [7, 11) is 1.74. The number of halogens is 2. The SMILES string of the molecule is Cn1c(Cc2ccc3[nH]c(=O)c(Cc4ccc(-n5cccn5)cc4)c(Cl)c3c2)c(-c2ccc(Cl)cc2)[nH]c1=O. The summed E-state index contributed by atoms with van der Waals surface area (Å²) in [6.07, 6.45) is 4.48. The number of hydrogen-bond acceptors (Lipinski definition) is 3. The van der Waals surface area contributed by atoms with Crippen LogP contribution in [0.15, 0.2) is 94.8 Å². The lowest BCUT2D eigenvalue weighted by Crippen LogP contribution is -2.15. The first-order valence-corrected chi connectivity index (χ1v) is 13.1. The van der Waals surface area contributed by atoms with Crippen molar-refractivity contribution in [2.75, 3.05) is 0 Å². The third-order valence-corrected chi connectivity index (χ3v) is 7.61. The van der Waals surface area contributed by atoms with Gasteiger partial charge in [-0.3, -0.25) is 9.36 Å². The highest BCUT2D eigenvalue weighted by Gasteiger charge is 2.16. The van der Waals surface area contributed by atoms with E-state index in [4.69, 9.17) is 23.2 Å². The number of hydrogen-bond donors (Lipinski definition) is 2. The van der Waals surface area contributed by atoms with Crippen LogP contribution in [0.25, 0.3) is 27.8 Å². The lowest BCUT2D eigenvalue weighted by Gasteiger charge is -2.11. The van der Waals surface area contributed by atoms with Crippen molar-refractivity contribution in [3.8, 4) is 16.9 Å². The van der Waals surface area contributed by atoms with E-state index in [0.29, 0.717) is 34.0 Å². The first-order chi connectivity index (χ1) is 18.9. The van der Waals surface area contributed by atoms with Crippen molar-refractivity contribution in [3.63, 3.8) is 0 Å². The molecule has 0 aliphatic rings. The number of nitrogens with one attached hydrogen (secondary N) is 2. The minimum atomic E-state index is -0.213. The van der Waals surface area contributed by atoms with Gasteiger partial charge in [-0.15, -0.1) is 0 Å². The Morgan fingerprint density at radius 1 is 0.872 bits per heavy atom. The van der Waals surface area contributed by atoms with Crippen LogP contribution in [-0.4, -0.2) is 24.3 Å². The molecule has 39 heavy (non-hydrogen) atoms. The lowest BCUT2D eigenvalue weighted by molar-refractivity contribution is 0.808. The molecule has 0 radical (unpaired) electrons. The number of fused-ring (bicyclic) bond motifs is 1. The van der Waals surface area contributed by atoms with Gasteiger partial charge in [0.15, 0.2) is 0 Å². The molecule has 0 amide bonds. The first kappa shape index (κ1) is 25.0. The zero-order valence-electron chi connectivity index (χ0n) is 20.9. The van der Waals surface area contributed by atoms with Crippen molar-refractivity contribution in [2.45, 2.75) is 12.8 Å². The Labute approximate surface area is 233 Å². The van der Waals surface area contributed by atoms with Gasteiger partial charge in [-0.2, -0.15) is 5.10 Å². The number of aromatic nitrogens is 5. The molecule has 0 saturated heterocycles. The van der Waals surface area contributed by atoms with Crippen molar-refractivity contribution in [1.29, 1.82) is 0 Å². The van der Waals surface area contributed by atoms with E-state index in [1.165, 1.54) is 0 Å². The molecule has 9 heteroatoms. The van der Waals surface area contributed by atoms with Crippen LogP contribution in [0.5, 0.6) is 0 Å². The molecule has 0 aliphatic carbocycles. The summed E-state index contributed by atoms with van der Waals surface area (Å²) in [5.41, 5.74) is 6.05. The average molecular weight is 556 g/mol. The fraction of sp³-hybridized carbons (Fsp3) is 0.100. The van der Waals surface area contributed by atoms with E-state index in [0.717, 1.165) is 39.2 Å². The topological polar surface area (TPSA) is 88.5 Å². The van der Waals surface area contributed by atoms with Gasteiger partial charge in [-0.25, -0.2) is 9.48 Å². The molecule has 0 atom stereocenters. The fourth-order valence-corrected chi connectivity index (χ4v) is 5.25. The molecule has 7 nitrogen and oxygen atoms in total. The predicted molar refractivity (Wildman–Crippen MR) is 155 cm³/mol. The molecule has 194 valence electrons. The largest absolute Gasteiger partial charge is 0.325 e. The normalized spacial score (nSPS) is 11.4. The second-order valence-corrected chi connectivity index (χ2v) is 10.2. The van der Waals surface area contributed by atoms with Crippen molar-refractivity contribution >= 4 is 34.1 Å². The van der Waals surface area contributed by atoms with E-state index in [1.54, 1.807) is 34.6 Å². The second-order valence-electron chi connectivity index (χ2n) is 9.41. The zero-order chi connectivity index (χ0) is 27.1. The number of aromatic amines is 2. The monoisotopic (exact) mass is 555 g/mol. The molecule has 3 aromatic carbocycles. The van der Waals surface area contributed by atoms with Crippen LogP contribution < -0.4 is 11.2 Å². The van der Waals surface area contributed by atoms with Gasteiger partial charge >= 0.3 is 5.69 Å². The van der Waals surface area contributed by atoms with Gasteiger partial charge in [0, 0.05) is 53.8 Å². The third kappa shape index (κ3) is 4.82. The molecule has 6 rings (SSSR count). The smallest absolute Gasteiger partial charge is 0.322 e. The van der Waals surface area contributed by atoms with Crippen molar-refractivity contribution in [2.24, 2.45) is 7.05 Å². The summed E-state index contributed by atoms with van der Waals surface area (Å²) < 4.78 is 3.39. The van der Waals surface area contributed by atoms with E-state index in [-0.39, 0.29) is 11.2 Å². The van der Waals surface area contributed by atoms with E-state index < -0.39 is 0 Å². The molecule has 0 spiro atoms. The lowest BCUT2D eigenvalue weighted by atomic mass is 10.0. The fourth-order valence-electron chi connectivity index (χ4n) is 4.81. The van der Waals surface area contributed by atoms with Crippen molar-refractivity contribution in [3.05, 3.63) is 138 Å². The average Bonchev–Trinajstić information content (AvgIpc) is 3.57. The number of pyridine rings is 1. The van der Waals surface area contributed by atoms with Gasteiger partial charge in [0.1, 0.15) is 0 Å². The number of benzene rings is 3. The summed E-state index contributed by atoms with van der Waals surface area (Å²) in [6, 6.07) is 22.8. The third-order valence-electron chi connectivity index (χ3n) is 6.93. The Hall–Kier alpha value is -4.33. The predicted octanol–water partition coefficient (Wildman–Crippen LogP) is 5.90. The zero-order valence-corrected chi connectivity index (χ0v) is 22.4. The Bertz CT molecular complexity index is 1920. The molecule has 3 heterocycles. The summed E-state index contributed by atoms with van der Waals surface area (Å²) in [5.74, 6) is 0. The Balaban J connectivity index is 1.34. The van der Waals surface area contributed by atoms with Gasteiger partial charge in [-0.05, 0) is 59.2 Å². The Morgan fingerprint density at radius 3 is 2.33 bits per heavy atom. The maximum absolute atomic E-state index is 13.0. The van der Waals surface area contributed by atoms with E-state index in [9.17, 15) is 9.59 Å². The summed E-state index contributed by atoms with van der Waals surface area (Å²) in [6.45, 7) is 0. The van der Waals surface area contributed by atoms with Gasteiger partial charge < -0.3 is 9.97 Å². The first-order valence-electron chi connectivity index (χ1n) is 12.3. The minimum Gasteiger partial charge on any atom is -0.322 e. The molecule has 6 aromatic rings. The van der Waals surface area contributed by atoms with E-state index >= 15 is 0 Å². The number of imidazole rings is 1. The van der Waals surface area contributed by atoms with Crippen LogP contribution in [-0.2, 0) is 19.9 Å². The van der Waals surface area contributed by atoms with Crippen LogP contribution in [0, 0.1) is 0 Å². The summed E-state index contributed by atoms with van der Waals surface area (Å²) in [4.78, 5) is 31.4. The van der Waals surface area contributed by atoms with Crippen molar-refractivity contribution < 1.29 is 0 Å². The molecule has 0 bridgehead atoms. The molecule has 0 saturated carbocycles. The van der Waals surface area contributed by atoms with Crippen LogP contribution in [0.3, 0.4) is 0 Å². The second kappa shape index (κ2) is 10.1. The number of H-pyrrole nitrogens is 2. The van der Waals surface area contributed by atoms with Gasteiger partial charge in [-0.1, -0.05) is 53.5 Å². The molecule has 0 aliphatic heterocycles. The molecule has 0 fully saturated rings. The van der Waals surface area contributed by atoms with Crippen LogP contribution in [0.1, 0.15) is 22.4 Å². The van der Waals surface area contributed by atoms with Crippen LogP contribution in [0.4, 0.5) is 0 Å². The Morgan fingerprint density at radius 2 is 1.62 bits per heavy atom. The standard InChI is InChI=1S/C30H23Cl2N5O2/c1-36-26(28(35-30(36)39)20-6-8-21(31)9-7-20)17-19-5-12-25-23(16-19)27(32)24(29(38)34-25)15-18-3-10-22(11-4-18)37-14-2-13-33-37/h2-14,16H,15,17H2,1H3,(H,34,38)(H,35,39). The summed E-state index contributed by atoms with van der Waals surface area (Å²) >= 11 is 12.9. The minimum absolute atomic E-state index is 0.195. The van der Waals surface area contributed by atoms with E-state index in [1.807, 2.05) is 66.9 Å². The maximum Gasteiger partial charge on any atom is 0.325 e. The van der Waals surface area contributed by atoms with Gasteiger partial charge in [0.2, 0.25) is 0 Å². The highest BCUT2D eigenvalue weighted by molar-refractivity contribution is 6.36. The molecular formula is C30H23Cl2N5O2.